The van der Waals surface area contributed by atoms with Gasteiger partial charge in [0.25, 0.3) is 0 Å². The summed E-state index contributed by atoms with van der Waals surface area (Å²) >= 11 is 0. The number of aromatic nitrogens is 5. The van der Waals surface area contributed by atoms with Gasteiger partial charge in [-0.3, -0.25) is 14.5 Å². The number of likely N-dealkylation sites (tertiary alicyclic amines) is 1. The van der Waals surface area contributed by atoms with Crippen LogP contribution in [-0.2, 0) is 23.0 Å². The molecule has 40 heavy (non-hydrogen) atoms. The zero-order chi connectivity index (χ0) is 27.6. The second-order valence-electron chi connectivity index (χ2n) is 11.4. The Hall–Kier alpha value is -3.62. The van der Waals surface area contributed by atoms with Crippen LogP contribution in [0, 0.1) is 19.8 Å². The largest absolute Gasteiger partial charge is 0.377 e. The first-order chi connectivity index (χ1) is 19.4. The van der Waals surface area contributed by atoms with E-state index in [1.54, 1.807) is 4.68 Å². The van der Waals surface area contributed by atoms with Crippen molar-refractivity contribution in [2.75, 3.05) is 26.2 Å². The van der Waals surface area contributed by atoms with E-state index < -0.39 is 0 Å². The third kappa shape index (κ3) is 5.93. The van der Waals surface area contributed by atoms with Gasteiger partial charge in [0, 0.05) is 69.1 Å². The van der Waals surface area contributed by atoms with Gasteiger partial charge in [-0.1, -0.05) is 18.2 Å². The summed E-state index contributed by atoms with van der Waals surface area (Å²) in [7, 11) is 1.90. The Labute approximate surface area is 236 Å². The maximum absolute atomic E-state index is 13.8. The molecule has 1 aliphatic heterocycles. The second-order valence-corrected chi connectivity index (χ2v) is 11.4. The van der Waals surface area contributed by atoms with Crippen molar-refractivity contribution in [3.05, 3.63) is 83.6 Å². The Morgan fingerprint density at radius 3 is 2.65 bits per heavy atom. The number of para-hydroxylation sites is 1. The number of benzene rings is 1. The summed E-state index contributed by atoms with van der Waals surface area (Å²) in [5.74, 6) is 0.800. The Morgan fingerprint density at radius 1 is 1.10 bits per heavy atom. The number of Topliss-reactive ketones (excluding diaryl/α,β-unsaturated/α-hetero) is 1. The van der Waals surface area contributed by atoms with Gasteiger partial charge in [-0.05, 0) is 68.0 Å². The normalized spacial score (nSPS) is 19.4. The predicted octanol–water partition coefficient (Wildman–Crippen LogP) is 4.68. The van der Waals surface area contributed by atoms with Crippen molar-refractivity contribution in [1.29, 1.82) is 0 Å². The van der Waals surface area contributed by atoms with Gasteiger partial charge in [0.2, 0.25) is 0 Å². The first-order valence-electron chi connectivity index (χ1n) is 14.4. The molecule has 0 amide bonds. The Bertz CT molecular complexity index is 1470. The molecule has 4 heterocycles. The molecule has 0 N–H and O–H groups in total. The van der Waals surface area contributed by atoms with Crippen LogP contribution in [0.4, 0.5) is 0 Å². The average molecular weight is 539 g/mol. The average Bonchev–Trinajstić information content (AvgIpc) is 3.39. The molecule has 8 heteroatoms. The summed E-state index contributed by atoms with van der Waals surface area (Å²) in [6, 6.07) is 14.4. The van der Waals surface area contributed by atoms with Crippen LogP contribution in [0.25, 0.3) is 16.9 Å². The first kappa shape index (κ1) is 26.6. The van der Waals surface area contributed by atoms with Gasteiger partial charge < -0.3 is 9.64 Å². The van der Waals surface area contributed by atoms with Crippen LogP contribution in [0.5, 0.6) is 0 Å². The van der Waals surface area contributed by atoms with E-state index in [1.165, 1.54) is 18.4 Å². The van der Waals surface area contributed by atoms with Gasteiger partial charge in [0.1, 0.15) is 5.78 Å². The van der Waals surface area contributed by atoms with Crippen LogP contribution in [0.2, 0.25) is 0 Å². The molecule has 2 atom stereocenters. The minimum atomic E-state index is 0.245. The van der Waals surface area contributed by atoms with E-state index in [1.807, 2.05) is 67.6 Å². The van der Waals surface area contributed by atoms with Crippen molar-refractivity contribution in [2.45, 2.75) is 51.6 Å². The number of hydrogen-bond acceptors (Lipinski definition) is 6. The highest BCUT2D eigenvalue weighted by molar-refractivity contribution is 5.82. The van der Waals surface area contributed by atoms with E-state index in [0.717, 1.165) is 60.1 Å². The number of ketones is 1. The number of aryl methyl sites for hydroxylation is 2. The molecule has 208 valence electrons. The van der Waals surface area contributed by atoms with Crippen LogP contribution in [0.15, 0.2) is 61.1 Å². The fraction of sp³-hybridized carbons (Fsp3) is 0.438. The molecule has 1 aromatic carbocycles. The van der Waals surface area contributed by atoms with Crippen LogP contribution in [0.1, 0.15) is 47.7 Å². The number of carbonyl (C=O) groups is 1. The van der Waals surface area contributed by atoms with Crippen LogP contribution in [0.3, 0.4) is 0 Å². The lowest BCUT2D eigenvalue weighted by atomic mass is 9.85. The number of hydrogen-bond donors (Lipinski definition) is 0. The van der Waals surface area contributed by atoms with Crippen LogP contribution >= 0.6 is 0 Å². The maximum atomic E-state index is 13.8. The smallest absolute Gasteiger partial charge is 0.139 e. The Kier molecular flexibility index (Phi) is 7.63. The van der Waals surface area contributed by atoms with E-state index in [9.17, 15) is 4.79 Å². The lowest BCUT2D eigenvalue weighted by Gasteiger charge is -2.19. The van der Waals surface area contributed by atoms with Crippen molar-refractivity contribution >= 4 is 5.78 Å². The quantitative estimate of drug-likeness (QED) is 0.276. The Balaban J connectivity index is 1.23. The van der Waals surface area contributed by atoms with Gasteiger partial charge in [0.05, 0.1) is 36.0 Å². The van der Waals surface area contributed by atoms with E-state index in [-0.39, 0.29) is 11.7 Å². The predicted molar refractivity (Wildman–Crippen MR) is 154 cm³/mol. The SMILES string of the molecule is Cc1cc([C@@H]2CN(CCOC3CC3)C[C@H]2CC(=O)Cc2c(C)c(-c3cnn(C)c3)nn2-c2ccccc2)ccn1. The summed E-state index contributed by atoms with van der Waals surface area (Å²) in [5, 5.41) is 9.31. The summed E-state index contributed by atoms with van der Waals surface area (Å²) in [5.41, 5.74) is 7.04. The molecule has 3 aromatic heterocycles. The monoisotopic (exact) mass is 538 g/mol. The highest BCUT2D eigenvalue weighted by Gasteiger charge is 2.35. The van der Waals surface area contributed by atoms with Crippen LogP contribution < -0.4 is 0 Å². The summed E-state index contributed by atoms with van der Waals surface area (Å²) < 4.78 is 9.67. The molecular weight excluding hydrogens is 500 g/mol. The van der Waals surface area contributed by atoms with Crippen molar-refractivity contribution in [3.8, 4) is 16.9 Å². The van der Waals surface area contributed by atoms with Gasteiger partial charge in [-0.15, -0.1) is 0 Å². The fourth-order valence-electron chi connectivity index (χ4n) is 6.00. The van der Waals surface area contributed by atoms with Crippen molar-refractivity contribution < 1.29 is 9.53 Å². The molecule has 2 fully saturated rings. The molecule has 1 aliphatic carbocycles. The highest BCUT2D eigenvalue weighted by Crippen LogP contribution is 2.36. The first-order valence-corrected chi connectivity index (χ1v) is 14.4. The zero-order valence-electron chi connectivity index (χ0n) is 23.7. The van der Waals surface area contributed by atoms with E-state index in [2.05, 4.69) is 34.0 Å². The van der Waals surface area contributed by atoms with Crippen molar-refractivity contribution in [2.24, 2.45) is 13.0 Å². The molecule has 8 nitrogen and oxygen atoms in total. The molecule has 0 spiro atoms. The van der Waals surface area contributed by atoms with Gasteiger partial charge in [-0.25, -0.2) is 4.68 Å². The lowest BCUT2D eigenvalue weighted by molar-refractivity contribution is -0.119. The van der Waals surface area contributed by atoms with E-state index >= 15 is 0 Å². The highest BCUT2D eigenvalue weighted by atomic mass is 16.5. The van der Waals surface area contributed by atoms with Gasteiger partial charge >= 0.3 is 0 Å². The summed E-state index contributed by atoms with van der Waals surface area (Å²) in [4.78, 5) is 20.7. The minimum Gasteiger partial charge on any atom is -0.377 e. The number of nitrogens with zero attached hydrogens (tertiary/aromatic N) is 6. The minimum absolute atomic E-state index is 0.245. The topological polar surface area (TPSA) is 78.1 Å². The molecule has 0 radical (unpaired) electrons. The van der Waals surface area contributed by atoms with Crippen LogP contribution in [-0.4, -0.2) is 67.6 Å². The fourth-order valence-corrected chi connectivity index (χ4v) is 6.00. The number of pyridine rings is 1. The molecular formula is C32H38N6O2. The molecule has 6 rings (SSSR count). The molecule has 0 unspecified atom stereocenters. The second kappa shape index (κ2) is 11.5. The summed E-state index contributed by atoms with van der Waals surface area (Å²) in [6.07, 6.45) is 9.42. The molecule has 4 aromatic rings. The molecule has 2 aliphatic rings. The number of ether oxygens (including phenoxy) is 1. The zero-order valence-corrected chi connectivity index (χ0v) is 23.7. The summed E-state index contributed by atoms with van der Waals surface area (Å²) in [6.45, 7) is 7.63. The van der Waals surface area contributed by atoms with E-state index in [4.69, 9.17) is 9.84 Å². The standard InChI is InChI=1S/C32H38N6O2/c1-22-15-24(11-12-33-22)30-21-37(13-14-40-29-9-10-29)20-25(30)16-28(39)17-31-23(2)32(26-18-34-36(3)19-26)35-38(31)27-7-5-4-6-8-27/h4-8,11-12,15,18-19,25,29-30H,9-10,13-14,16-17,20-21H2,1-3H3/t25-,30+/m1/s1. The molecule has 0 bridgehead atoms. The lowest BCUT2D eigenvalue weighted by Crippen LogP contribution is -2.26. The van der Waals surface area contributed by atoms with E-state index in [0.29, 0.717) is 24.9 Å². The van der Waals surface area contributed by atoms with Crippen molar-refractivity contribution in [1.82, 2.24) is 29.4 Å². The number of carbonyl (C=O) groups excluding carboxylic acids is 1. The van der Waals surface area contributed by atoms with Crippen molar-refractivity contribution in [3.63, 3.8) is 0 Å². The van der Waals surface area contributed by atoms with Gasteiger partial charge in [-0.2, -0.15) is 10.2 Å². The third-order valence-corrected chi connectivity index (χ3v) is 8.23. The number of rotatable bonds is 11. The molecule has 1 saturated heterocycles. The maximum Gasteiger partial charge on any atom is 0.139 e. The Morgan fingerprint density at radius 2 is 1.93 bits per heavy atom. The molecule has 1 saturated carbocycles. The third-order valence-electron chi connectivity index (χ3n) is 8.23. The van der Waals surface area contributed by atoms with Gasteiger partial charge in [0.15, 0.2) is 0 Å².